The molecule has 0 atom stereocenters. The summed E-state index contributed by atoms with van der Waals surface area (Å²) in [6.45, 7) is 0. The Bertz CT molecular complexity index is 2460. The van der Waals surface area contributed by atoms with Crippen LogP contribution in [0.5, 0.6) is 0 Å². The fraction of sp³-hybridized carbons (Fsp3) is 0.0488. The van der Waals surface area contributed by atoms with Crippen LogP contribution < -0.4 is 0 Å². The Labute approximate surface area is 253 Å². The van der Waals surface area contributed by atoms with Crippen LogP contribution in [-0.4, -0.2) is 5.71 Å². The Hall–Kier alpha value is -5.05. The van der Waals surface area contributed by atoms with Crippen LogP contribution >= 0.6 is 11.3 Å². The lowest BCUT2D eigenvalue weighted by Crippen LogP contribution is -2.03. The van der Waals surface area contributed by atoms with Crippen LogP contribution in [0.15, 0.2) is 121 Å². The van der Waals surface area contributed by atoms with E-state index >= 15 is 0 Å². The molecule has 2 aliphatic carbocycles. The van der Waals surface area contributed by atoms with E-state index in [1.54, 1.807) is 0 Å². The van der Waals surface area contributed by atoms with Gasteiger partial charge >= 0.3 is 0 Å². The highest BCUT2D eigenvalue weighted by Crippen LogP contribution is 2.47. The maximum absolute atomic E-state index is 8.90. The maximum Gasteiger partial charge on any atom is 0.0618 e. The summed E-state index contributed by atoms with van der Waals surface area (Å²) in [7, 11) is 0. The highest BCUT2D eigenvalue weighted by atomic mass is 32.1. The molecule has 1 nitrogen and oxygen atoms in total. The Balaban J connectivity index is 1.44. The second kappa shape index (κ2) is 9.49. The van der Waals surface area contributed by atoms with Crippen LogP contribution in [0, 0.1) is 5.41 Å². The van der Waals surface area contributed by atoms with Gasteiger partial charge in [0.05, 0.1) is 5.71 Å². The fourth-order valence-corrected chi connectivity index (χ4v) is 8.37. The first-order valence-electron chi connectivity index (χ1n) is 14.9. The van der Waals surface area contributed by atoms with Crippen LogP contribution in [0.25, 0.3) is 75.8 Å². The zero-order chi connectivity index (χ0) is 28.5. The van der Waals surface area contributed by atoms with E-state index in [2.05, 4.69) is 127 Å². The highest BCUT2D eigenvalue weighted by molar-refractivity contribution is 7.26. The molecular formula is C41H27NS. The van der Waals surface area contributed by atoms with Crippen molar-refractivity contribution in [1.82, 2.24) is 0 Å². The molecule has 0 aliphatic heterocycles. The van der Waals surface area contributed by atoms with Crippen LogP contribution in [0.2, 0.25) is 0 Å². The van der Waals surface area contributed by atoms with Gasteiger partial charge in [-0.15, -0.1) is 11.3 Å². The van der Waals surface area contributed by atoms with Crippen LogP contribution in [0.1, 0.15) is 35.1 Å². The van der Waals surface area contributed by atoms with Gasteiger partial charge in [0.1, 0.15) is 0 Å². The average Bonchev–Trinajstić information content (AvgIpc) is 3.46. The molecule has 1 N–H and O–H groups in total. The first kappa shape index (κ1) is 24.5. The van der Waals surface area contributed by atoms with E-state index in [4.69, 9.17) is 5.41 Å². The Kier molecular flexibility index (Phi) is 5.41. The molecule has 202 valence electrons. The Morgan fingerprint density at radius 3 is 2.28 bits per heavy atom. The molecule has 0 unspecified atom stereocenters. The molecule has 1 heterocycles. The van der Waals surface area contributed by atoms with Gasteiger partial charge in [0.25, 0.3) is 0 Å². The van der Waals surface area contributed by atoms with Gasteiger partial charge in [-0.05, 0) is 98.0 Å². The number of thiophene rings is 1. The van der Waals surface area contributed by atoms with Gasteiger partial charge in [-0.1, -0.05) is 103 Å². The molecule has 9 rings (SSSR count). The van der Waals surface area contributed by atoms with Crippen molar-refractivity contribution < 1.29 is 0 Å². The Morgan fingerprint density at radius 1 is 0.628 bits per heavy atom. The molecule has 2 aliphatic rings. The second-order valence-corrected chi connectivity index (χ2v) is 12.6. The average molecular weight is 566 g/mol. The van der Waals surface area contributed by atoms with E-state index in [0.717, 1.165) is 29.5 Å². The predicted molar refractivity (Wildman–Crippen MR) is 189 cm³/mol. The summed E-state index contributed by atoms with van der Waals surface area (Å²) in [5.41, 5.74) is 7.56. The number of hydrogen-bond donors (Lipinski definition) is 1. The normalized spacial score (nSPS) is 15.8. The van der Waals surface area contributed by atoms with Crippen molar-refractivity contribution in [3.8, 4) is 0 Å². The van der Waals surface area contributed by atoms with Gasteiger partial charge in [-0.2, -0.15) is 0 Å². The first-order valence-corrected chi connectivity index (χ1v) is 15.7. The summed E-state index contributed by atoms with van der Waals surface area (Å²) in [6.07, 6.45) is 15.4. The molecule has 2 heteroatoms. The summed E-state index contributed by atoms with van der Waals surface area (Å²) < 4.78 is 2.61. The third-order valence-electron chi connectivity index (χ3n) is 9.08. The van der Waals surface area contributed by atoms with E-state index in [-0.39, 0.29) is 0 Å². The molecule has 43 heavy (non-hydrogen) atoms. The van der Waals surface area contributed by atoms with Crippen LogP contribution in [0.3, 0.4) is 0 Å². The lowest BCUT2D eigenvalue weighted by molar-refractivity contribution is 1.04. The van der Waals surface area contributed by atoms with E-state index in [1.807, 2.05) is 17.4 Å². The molecule has 1 aromatic heterocycles. The van der Waals surface area contributed by atoms with Crippen LogP contribution in [0.4, 0.5) is 0 Å². The summed E-state index contributed by atoms with van der Waals surface area (Å²) in [6, 6.07) is 35.5. The Morgan fingerprint density at radius 2 is 1.42 bits per heavy atom. The van der Waals surface area contributed by atoms with Crippen molar-refractivity contribution in [3.05, 3.63) is 144 Å². The number of allylic oxidation sites excluding steroid dienone is 6. The summed E-state index contributed by atoms with van der Waals surface area (Å²) in [5, 5.41) is 19.2. The third-order valence-corrected chi connectivity index (χ3v) is 10.3. The van der Waals surface area contributed by atoms with Crippen molar-refractivity contribution in [3.63, 3.8) is 0 Å². The number of rotatable bonds is 2. The molecule has 0 saturated heterocycles. The molecule has 0 spiro atoms. The van der Waals surface area contributed by atoms with Crippen LogP contribution in [-0.2, 0) is 0 Å². The summed E-state index contributed by atoms with van der Waals surface area (Å²) in [4.78, 5) is 0. The van der Waals surface area contributed by atoms with Crippen molar-refractivity contribution >= 4 is 92.8 Å². The van der Waals surface area contributed by atoms with Gasteiger partial charge in [0.2, 0.25) is 0 Å². The van der Waals surface area contributed by atoms with Gasteiger partial charge in [0, 0.05) is 31.1 Å². The smallest absolute Gasteiger partial charge is 0.0618 e. The van der Waals surface area contributed by atoms with Crippen molar-refractivity contribution in [2.24, 2.45) is 0 Å². The number of benzene rings is 6. The minimum atomic E-state index is 0.549. The monoisotopic (exact) mass is 565 g/mol. The summed E-state index contributed by atoms with van der Waals surface area (Å²) >= 11 is 1.89. The predicted octanol–water partition coefficient (Wildman–Crippen LogP) is 11.8. The second-order valence-electron chi connectivity index (χ2n) is 11.5. The SMILES string of the molecule is N=C1C=Cc2ccccc2/C1=C/c1cc2c3ccccc3c3cc(C4=CCCC=C4)ccc3c2c2sc3ccccc3c12. The number of nitrogens with one attached hydrogen (secondary N) is 1. The fourth-order valence-electron chi connectivity index (χ4n) is 7.08. The number of fused-ring (bicyclic) bond motifs is 11. The van der Waals surface area contributed by atoms with Gasteiger partial charge in [-0.25, -0.2) is 0 Å². The number of hydrogen-bond acceptors (Lipinski definition) is 2. The van der Waals surface area contributed by atoms with E-state index in [1.165, 1.54) is 69.2 Å². The largest absolute Gasteiger partial charge is 0.300 e. The van der Waals surface area contributed by atoms with E-state index in [9.17, 15) is 0 Å². The molecule has 0 radical (unpaired) electrons. The maximum atomic E-state index is 8.90. The highest BCUT2D eigenvalue weighted by Gasteiger charge is 2.20. The lowest BCUT2D eigenvalue weighted by atomic mass is 9.87. The third kappa shape index (κ3) is 3.73. The molecule has 0 bridgehead atoms. The van der Waals surface area contributed by atoms with Gasteiger partial charge in [-0.3, -0.25) is 0 Å². The quantitative estimate of drug-likeness (QED) is 0.202. The molecule has 6 aromatic carbocycles. The molecule has 0 saturated carbocycles. The topological polar surface area (TPSA) is 23.9 Å². The lowest BCUT2D eigenvalue weighted by Gasteiger charge is -2.17. The van der Waals surface area contributed by atoms with Crippen molar-refractivity contribution in [2.75, 3.05) is 0 Å². The van der Waals surface area contributed by atoms with E-state index < -0.39 is 0 Å². The van der Waals surface area contributed by atoms with Gasteiger partial charge in [0.15, 0.2) is 0 Å². The summed E-state index contributed by atoms with van der Waals surface area (Å²) in [5.74, 6) is 0. The van der Waals surface area contributed by atoms with Crippen molar-refractivity contribution in [1.29, 1.82) is 5.41 Å². The van der Waals surface area contributed by atoms with E-state index in [0.29, 0.717) is 5.71 Å². The molecular weight excluding hydrogens is 539 g/mol. The minimum absolute atomic E-state index is 0.549. The zero-order valence-electron chi connectivity index (χ0n) is 23.5. The molecule has 7 aromatic rings. The minimum Gasteiger partial charge on any atom is -0.300 e. The first-order chi connectivity index (χ1) is 21.2. The standard InChI is InChI=1S/C41H27NS/c42-37-21-19-26-12-4-5-13-29(26)35(37)23-28-24-36-31-15-7-6-14-30(31)34-22-27(25-10-2-1-3-11-25)18-20-32(34)40(36)41-39(28)33-16-8-9-17-38(33)43-41/h2,4-24,42H,1,3H2/b35-23-,42-37?. The molecule has 0 fully saturated rings. The van der Waals surface area contributed by atoms with Gasteiger partial charge < -0.3 is 5.41 Å². The zero-order valence-corrected chi connectivity index (χ0v) is 24.3. The molecule has 0 amide bonds. The van der Waals surface area contributed by atoms with Crippen molar-refractivity contribution in [2.45, 2.75) is 12.8 Å².